The number of rotatable bonds is 8. The molecule has 39 heavy (non-hydrogen) atoms. The molecule has 3 aromatic carbocycles. The summed E-state index contributed by atoms with van der Waals surface area (Å²) in [5.74, 6) is 0.687. The zero-order valence-corrected chi connectivity index (χ0v) is 21.7. The first-order valence-electron chi connectivity index (χ1n) is 12.3. The number of carbonyl (C=O) groups is 2. The summed E-state index contributed by atoms with van der Waals surface area (Å²) in [6.07, 6.45) is 0. The fourth-order valence-corrected chi connectivity index (χ4v) is 4.49. The lowest BCUT2D eigenvalue weighted by Crippen LogP contribution is -2.35. The zero-order chi connectivity index (χ0) is 27.7. The van der Waals surface area contributed by atoms with E-state index in [1.54, 1.807) is 23.1 Å². The van der Waals surface area contributed by atoms with Gasteiger partial charge in [0.15, 0.2) is 11.5 Å². The molecule has 11 heteroatoms. The Bertz CT molecular complexity index is 1500. The summed E-state index contributed by atoms with van der Waals surface area (Å²) in [6.45, 7) is 2.90. The standard InChI is InChI=1S/C28H27N5O6/c1-17(34)32(13-12-31(2)3)20-7-5-19(6-8-20)29-27(18-4-11-24-25(14-18)39-16-38-24)26-22-10-9-21(33(36)37)15-23(22)30-28(26)35/h4-11,14-15,29H,12-13,16H2,1-3H3,(H,30,35). The Kier molecular flexibility index (Phi) is 6.90. The van der Waals surface area contributed by atoms with Gasteiger partial charge in [-0.15, -0.1) is 0 Å². The molecule has 0 radical (unpaired) electrons. The maximum atomic E-state index is 13.2. The Balaban J connectivity index is 1.55. The van der Waals surface area contributed by atoms with Gasteiger partial charge in [0.05, 0.1) is 21.9 Å². The van der Waals surface area contributed by atoms with Crippen LogP contribution in [0.25, 0.3) is 11.3 Å². The van der Waals surface area contributed by atoms with Crippen LogP contribution in [0.1, 0.15) is 18.1 Å². The number of nitrogens with zero attached hydrogens (tertiary/aromatic N) is 3. The largest absolute Gasteiger partial charge is 0.454 e. The topological polar surface area (TPSA) is 126 Å². The van der Waals surface area contributed by atoms with Crippen LogP contribution in [0.3, 0.4) is 0 Å². The van der Waals surface area contributed by atoms with E-state index in [4.69, 9.17) is 9.47 Å². The number of carbonyl (C=O) groups excluding carboxylic acids is 2. The molecule has 2 aliphatic rings. The Morgan fingerprint density at radius 3 is 2.46 bits per heavy atom. The van der Waals surface area contributed by atoms with Crippen molar-refractivity contribution in [1.82, 2.24) is 4.90 Å². The van der Waals surface area contributed by atoms with Crippen molar-refractivity contribution < 1.29 is 24.0 Å². The SMILES string of the molecule is CC(=O)N(CCN(C)C)c1ccc(NC(=C2C(=O)Nc3cc([N+](=O)[O-])ccc32)c2ccc3c(c2)OCO3)cc1. The third-order valence-electron chi connectivity index (χ3n) is 6.47. The molecular weight excluding hydrogens is 502 g/mol. The minimum atomic E-state index is -0.504. The van der Waals surface area contributed by atoms with E-state index in [0.29, 0.717) is 58.4 Å². The highest BCUT2D eigenvalue weighted by Crippen LogP contribution is 2.41. The molecule has 2 N–H and O–H groups in total. The number of benzene rings is 3. The van der Waals surface area contributed by atoms with Crippen LogP contribution in [-0.4, -0.2) is 55.6 Å². The fourth-order valence-electron chi connectivity index (χ4n) is 4.49. The number of nitro groups is 1. The van der Waals surface area contributed by atoms with Crippen LogP contribution in [0.15, 0.2) is 60.7 Å². The molecule has 200 valence electrons. The number of hydrogen-bond donors (Lipinski definition) is 2. The molecule has 2 amide bonds. The third kappa shape index (κ3) is 5.25. The fraction of sp³-hybridized carbons (Fsp3) is 0.214. The number of ether oxygens (including phenoxy) is 2. The van der Waals surface area contributed by atoms with Crippen molar-refractivity contribution in [3.05, 3.63) is 81.9 Å². The van der Waals surface area contributed by atoms with Crippen molar-refractivity contribution >= 4 is 45.8 Å². The third-order valence-corrected chi connectivity index (χ3v) is 6.47. The van der Waals surface area contributed by atoms with E-state index in [9.17, 15) is 19.7 Å². The molecule has 0 saturated heterocycles. The molecule has 2 heterocycles. The summed E-state index contributed by atoms with van der Waals surface area (Å²) < 4.78 is 11.0. The average molecular weight is 530 g/mol. The lowest BCUT2D eigenvalue weighted by atomic mass is 9.99. The lowest BCUT2D eigenvalue weighted by Gasteiger charge is -2.23. The Morgan fingerprint density at radius 1 is 1.03 bits per heavy atom. The quantitative estimate of drug-likeness (QED) is 0.253. The molecule has 5 rings (SSSR count). The van der Waals surface area contributed by atoms with Gasteiger partial charge in [-0.05, 0) is 62.6 Å². The molecule has 2 aliphatic heterocycles. The van der Waals surface area contributed by atoms with Crippen LogP contribution in [0.5, 0.6) is 11.5 Å². The molecule has 3 aromatic rings. The van der Waals surface area contributed by atoms with Crippen LogP contribution in [0.2, 0.25) is 0 Å². The molecule has 0 atom stereocenters. The van der Waals surface area contributed by atoms with Crippen LogP contribution in [0.4, 0.5) is 22.7 Å². The highest BCUT2D eigenvalue weighted by Gasteiger charge is 2.30. The lowest BCUT2D eigenvalue weighted by molar-refractivity contribution is -0.384. The molecule has 0 fully saturated rings. The summed E-state index contributed by atoms with van der Waals surface area (Å²) >= 11 is 0. The molecule has 0 unspecified atom stereocenters. The number of non-ortho nitro benzene ring substituents is 1. The summed E-state index contributed by atoms with van der Waals surface area (Å²) in [5.41, 5.74) is 3.69. The first kappa shape index (κ1) is 25.7. The zero-order valence-electron chi connectivity index (χ0n) is 21.7. The number of nitro benzene ring substituents is 1. The van der Waals surface area contributed by atoms with Gasteiger partial charge < -0.3 is 29.9 Å². The summed E-state index contributed by atoms with van der Waals surface area (Å²) in [7, 11) is 3.90. The second kappa shape index (κ2) is 10.5. The molecule has 0 saturated carbocycles. The van der Waals surface area contributed by atoms with Gasteiger partial charge in [0.25, 0.3) is 11.6 Å². The van der Waals surface area contributed by atoms with Crippen molar-refractivity contribution in [2.75, 3.05) is 49.5 Å². The predicted octanol–water partition coefficient (Wildman–Crippen LogP) is 4.17. The second-order valence-electron chi connectivity index (χ2n) is 9.40. The Labute approximate surface area is 224 Å². The van der Waals surface area contributed by atoms with Crippen molar-refractivity contribution in [3.8, 4) is 11.5 Å². The predicted molar refractivity (Wildman–Crippen MR) is 148 cm³/mol. The number of hydrogen-bond acceptors (Lipinski definition) is 8. The summed E-state index contributed by atoms with van der Waals surface area (Å²) in [6, 6.07) is 17.0. The van der Waals surface area contributed by atoms with Crippen LogP contribution < -0.4 is 25.0 Å². The van der Waals surface area contributed by atoms with Gasteiger partial charge in [-0.1, -0.05) is 0 Å². The molecule has 0 aliphatic carbocycles. The first-order chi connectivity index (χ1) is 18.7. The van der Waals surface area contributed by atoms with E-state index in [1.807, 2.05) is 49.3 Å². The summed E-state index contributed by atoms with van der Waals surface area (Å²) in [5, 5.41) is 17.4. The highest BCUT2D eigenvalue weighted by atomic mass is 16.7. The van der Waals surface area contributed by atoms with Crippen LogP contribution in [0, 0.1) is 10.1 Å². The number of fused-ring (bicyclic) bond motifs is 2. The monoisotopic (exact) mass is 529 g/mol. The van der Waals surface area contributed by atoms with E-state index in [1.165, 1.54) is 19.1 Å². The normalized spacial score (nSPS) is 14.6. The van der Waals surface area contributed by atoms with E-state index in [0.717, 1.165) is 5.69 Å². The van der Waals surface area contributed by atoms with Gasteiger partial charge in [0, 0.05) is 54.6 Å². The van der Waals surface area contributed by atoms with Crippen molar-refractivity contribution in [2.24, 2.45) is 0 Å². The van der Waals surface area contributed by atoms with Gasteiger partial charge in [0.1, 0.15) is 0 Å². The van der Waals surface area contributed by atoms with Gasteiger partial charge in [-0.2, -0.15) is 0 Å². The van der Waals surface area contributed by atoms with Gasteiger partial charge in [-0.3, -0.25) is 19.7 Å². The summed E-state index contributed by atoms with van der Waals surface area (Å²) in [4.78, 5) is 40.0. The maximum Gasteiger partial charge on any atom is 0.271 e. The average Bonchev–Trinajstić information content (AvgIpc) is 3.50. The van der Waals surface area contributed by atoms with E-state index < -0.39 is 10.8 Å². The van der Waals surface area contributed by atoms with E-state index in [2.05, 4.69) is 10.6 Å². The molecular formula is C28H27N5O6. The van der Waals surface area contributed by atoms with Gasteiger partial charge in [-0.25, -0.2) is 0 Å². The van der Waals surface area contributed by atoms with Gasteiger partial charge in [0.2, 0.25) is 12.7 Å². The Hall–Kier alpha value is -4.90. The molecule has 0 spiro atoms. The van der Waals surface area contributed by atoms with Crippen molar-refractivity contribution in [1.29, 1.82) is 0 Å². The molecule has 11 nitrogen and oxygen atoms in total. The maximum absolute atomic E-state index is 13.2. The highest BCUT2D eigenvalue weighted by molar-refractivity contribution is 6.37. The minimum Gasteiger partial charge on any atom is -0.454 e. The molecule has 0 bridgehead atoms. The number of anilines is 3. The first-order valence-corrected chi connectivity index (χ1v) is 12.3. The van der Waals surface area contributed by atoms with E-state index in [-0.39, 0.29) is 18.4 Å². The number of nitrogens with one attached hydrogen (secondary N) is 2. The smallest absolute Gasteiger partial charge is 0.271 e. The van der Waals surface area contributed by atoms with Crippen LogP contribution >= 0.6 is 0 Å². The minimum absolute atomic E-state index is 0.0611. The van der Waals surface area contributed by atoms with Crippen molar-refractivity contribution in [3.63, 3.8) is 0 Å². The Morgan fingerprint density at radius 2 is 1.77 bits per heavy atom. The van der Waals surface area contributed by atoms with Crippen LogP contribution in [-0.2, 0) is 9.59 Å². The van der Waals surface area contributed by atoms with Crippen molar-refractivity contribution in [2.45, 2.75) is 6.92 Å². The van der Waals surface area contributed by atoms with E-state index >= 15 is 0 Å². The second-order valence-corrected chi connectivity index (χ2v) is 9.40. The number of likely N-dealkylation sites (N-methyl/N-ethyl adjacent to an activating group) is 1. The molecule has 0 aromatic heterocycles. The number of amides is 2. The van der Waals surface area contributed by atoms with Gasteiger partial charge >= 0.3 is 0 Å².